The Bertz CT molecular complexity index is 1290. The topological polar surface area (TPSA) is 110 Å². The first-order valence-corrected chi connectivity index (χ1v) is 11.6. The third kappa shape index (κ3) is 4.58. The highest BCUT2D eigenvalue weighted by atomic mass is 32.2. The molecule has 0 spiro atoms. The highest BCUT2D eigenvalue weighted by Gasteiger charge is 2.33. The Hall–Kier alpha value is -3.05. The minimum atomic E-state index is -3.94. The van der Waals surface area contributed by atoms with Gasteiger partial charge in [0.25, 0.3) is 5.91 Å². The van der Waals surface area contributed by atoms with Gasteiger partial charge in [0.2, 0.25) is 15.9 Å². The lowest BCUT2D eigenvalue weighted by Gasteiger charge is -2.24. The number of amides is 1. The molecule has 1 aliphatic heterocycles. The van der Waals surface area contributed by atoms with Gasteiger partial charge in [0.05, 0.1) is 21.5 Å². The maximum absolute atomic E-state index is 13.9. The summed E-state index contributed by atoms with van der Waals surface area (Å²) >= 11 is 0. The van der Waals surface area contributed by atoms with Crippen LogP contribution < -0.4 is 15.4 Å². The Morgan fingerprint density at radius 2 is 1.97 bits per heavy atom. The van der Waals surface area contributed by atoms with Crippen LogP contribution in [0.3, 0.4) is 0 Å². The fourth-order valence-corrected chi connectivity index (χ4v) is 4.37. The number of pyridine rings is 1. The zero-order chi connectivity index (χ0) is 23.1. The lowest BCUT2D eigenvalue weighted by atomic mass is 10.1. The number of alkyl halides is 2. The number of hydrogen-bond acceptors (Lipinski definition) is 5. The third-order valence-corrected chi connectivity index (χ3v) is 6.44. The van der Waals surface area contributed by atoms with Crippen LogP contribution in [0.4, 0.5) is 20.3 Å². The molecule has 0 atom stereocenters. The molecule has 1 aromatic carbocycles. The van der Waals surface area contributed by atoms with Gasteiger partial charge in [-0.15, -0.1) is 0 Å². The van der Waals surface area contributed by atoms with E-state index < -0.39 is 21.9 Å². The lowest BCUT2D eigenvalue weighted by Crippen LogP contribution is -2.29. The number of aromatic nitrogens is 2. The van der Waals surface area contributed by atoms with E-state index in [4.69, 9.17) is 5.14 Å². The molecule has 8 nitrogen and oxygen atoms in total. The van der Waals surface area contributed by atoms with Crippen molar-refractivity contribution in [1.82, 2.24) is 9.55 Å². The molecule has 2 aromatic heterocycles. The molecule has 170 valence electrons. The van der Waals surface area contributed by atoms with E-state index in [9.17, 15) is 22.0 Å². The fourth-order valence-electron chi connectivity index (χ4n) is 3.81. The normalized spacial score (nSPS) is 16.7. The van der Waals surface area contributed by atoms with Gasteiger partial charge in [-0.3, -0.25) is 4.79 Å². The van der Waals surface area contributed by atoms with Crippen molar-refractivity contribution in [2.45, 2.75) is 30.1 Å². The molecule has 11 heteroatoms. The number of nitrogens with zero attached hydrogens (tertiary/aromatic N) is 3. The van der Waals surface area contributed by atoms with Crippen molar-refractivity contribution in [1.29, 1.82) is 0 Å². The predicted molar refractivity (Wildman–Crippen MR) is 117 cm³/mol. The minimum absolute atomic E-state index is 0.0690. The molecule has 0 aliphatic carbocycles. The number of fused-ring (bicyclic) bond motifs is 1. The van der Waals surface area contributed by atoms with E-state index in [2.05, 4.69) is 10.3 Å². The van der Waals surface area contributed by atoms with Crippen LogP contribution in [0.15, 0.2) is 47.5 Å². The number of halogens is 2. The summed E-state index contributed by atoms with van der Waals surface area (Å²) in [7, 11) is -2.13. The zero-order valence-electron chi connectivity index (χ0n) is 17.4. The summed E-state index contributed by atoms with van der Waals surface area (Å²) in [6.07, 6.45) is 1.55. The van der Waals surface area contributed by atoms with Crippen LogP contribution in [0, 0.1) is 0 Å². The van der Waals surface area contributed by atoms with E-state index in [1.165, 1.54) is 24.3 Å². The molecular formula is C21H23F2N5O3S. The number of benzene rings is 1. The molecule has 3 aromatic rings. The Morgan fingerprint density at radius 3 is 2.72 bits per heavy atom. The molecule has 32 heavy (non-hydrogen) atoms. The maximum Gasteiger partial charge on any atom is 0.259 e. The molecule has 3 heterocycles. The summed E-state index contributed by atoms with van der Waals surface area (Å²) in [5, 5.41) is 7.85. The second kappa shape index (κ2) is 8.14. The molecular weight excluding hydrogens is 440 g/mol. The standard InChI is InChI=1S/C21H23F2N5O3S/c1-27-10-6-17-18(27)13-16(19(26-17)28-9-3-7-21(22,23)8-11-28)20(29)25-14-4-2-5-15(12-14)32(24,30)31/h2,4-6,10,12-13H,3,7-9,11H2,1H3,(H,25,29)(H2,24,30,31). The largest absolute Gasteiger partial charge is 0.356 e. The first-order chi connectivity index (χ1) is 15.0. The predicted octanol–water partition coefficient (Wildman–Crippen LogP) is 3.10. The number of primary sulfonamides is 1. The van der Waals surface area contributed by atoms with Gasteiger partial charge in [-0.2, -0.15) is 0 Å². The van der Waals surface area contributed by atoms with E-state index in [1.807, 2.05) is 7.05 Å². The van der Waals surface area contributed by atoms with E-state index >= 15 is 0 Å². The summed E-state index contributed by atoms with van der Waals surface area (Å²) in [5.74, 6) is -2.96. The van der Waals surface area contributed by atoms with Gasteiger partial charge in [0.1, 0.15) is 5.82 Å². The molecule has 0 saturated carbocycles. The van der Waals surface area contributed by atoms with Gasteiger partial charge >= 0.3 is 0 Å². The monoisotopic (exact) mass is 463 g/mol. The number of anilines is 2. The van der Waals surface area contributed by atoms with Crippen molar-refractivity contribution in [2.24, 2.45) is 12.2 Å². The van der Waals surface area contributed by atoms with Crippen LogP contribution >= 0.6 is 0 Å². The van der Waals surface area contributed by atoms with E-state index in [-0.39, 0.29) is 42.0 Å². The van der Waals surface area contributed by atoms with Gasteiger partial charge in [0.15, 0.2) is 0 Å². The van der Waals surface area contributed by atoms with Gasteiger partial charge < -0.3 is 14.8 Å². The number of nitrogens with one attached hydrogen (secondary N) is 1. The first kappa shape index (κ1) is 22.2. The summed E-state index contributed by atoms with van der Waals surface area (Å²) in [6, 6.07) is 9.04. The summed E-state index contributed by atoms with van der Waals surface area (Å²) in [6.45, 7) is 0.418. The molecule has 1 saturated heterocycles. The maximum atomic E-state index is 13.9. The van der Waals surface area contributed by atoms with Crippen molar-refractivity contribution in [3.63, 3.8) is 0 Å². The second-order valence-electron chi connectivity index (χ2n) is 7.91. The zero-order valence-corrected chi connectivity index (χ0v) is 18.2. The molecule has 0 bridgehead atoms. The number of sulfonamides is 1. The van der Waals surface area contributed by atoms with E-state index in [0.29, 0.717) is 23.4 Å². The molecule has 3 N–H and O–H groups in total. The van der Waals surface area contributed by atoms with Gasteiger partial charge in [0, 0.05) is 44.9 Å². The van der Waals surface area contributed by atoms with Crippen LogP contribution in [0.2, 0.25) is 0 Å². The Morgan fingerprint density at radius 1 is 1.19 bits per heavy atom. The van der Waals surface area contributed by atoms with Crippen LogP contribution in [0.25, 0.3) is 11.0 Å². The number of hydrogen-bond donors (Lipinski definition) is 2. The molecule has 0 unspecified atom stereocenters. The Kier molecular flexibility index (Phi) is 5.63. The van der Waals surface area contributed by atoms with Crippen LogP contribution in [0.1, 0.15) is 29.6 Å². The van der Waals surface area contributed by atoms with Crippen LogP contribution in [-0.2, 0) is 17.1 Å². The average Bonchev–Trinajstić information content (AvgIpc) is 2.98. The number of nitrogens with two attached hydrogens (primary N) is 1. The van der Waals surface area contributed by atoms with E-state index in [0.717, 1.165) is 0 Å². The minimum Gasteiger partial charge on any atom is -0.356 e. The van der Waals surface area contributed by atoms with Crippen LogP contribution in [0.5, 0.6) is 0 Å². The summed E-state index contributed by atoms with van der Waals surface area (Å²) in [5.41, 5.74) is 1.80. The first-order valence-electron chi connectivity index (χ1n) is 10.1. The Labute approximate surface area is 184 Å². The highest BCUT2D eigenvalue weighted by Crippen LogP contribution is 2.32. The quantitative estimate of drug-likeness (QED) is 0.618. The molecule has 1 fully saturated rings. The van der Waals surface area contributed by atoms with Gasteiger partial charge in [-0.05, 0) is 36.8 Å². The molecule has 0 radical (unpaired) electrons. The fraction of sp³-hybridized carbons (Fsp3) is 0.333. The van der Waals surface area contributed by atoms with Crippen LogP contribution in [-0.4, -0.2) is 42.9 Å². The smallest absolute Gasteiger partial charge is 0.259 e. The summed E-state index contributed by atoms with van der Waals surface area (Å²) < 4.78 is 52.9. The van der Waals surface area contributed by atoms with E-state index in [1.54, 1.807) is 27.8 Å². The van der Waals surface area contributed by atoms with Gasteiger partial charge in [-0.25, -0.2) is 27.3 Å². The second-order valence-corrected chi connectivity index (χ2v) is 9.48. The molecule has 1 aliphatic rings. The summed E-state index contributed by atoms with van der Waals surface area (Å²) in [4.78, 5) is 19.4. The Balaban J connectivity index is 1.73. The third-order valence-electron chi connectivity index (χ3n) is 5.53. The van der Waals surface area contributed by atoms with Crippen molar-refractivity contribution in [3.05, 3.63) is 48.2 Å². The number of aryl methyl sites for hydroxylation is 1. The average molecular weight is 464 g/mol. The SMILES string of the molecule is Cn1ccc2nc(N3CCCC(F)(F)CC3)c(C(=O)Nc3cccc(S(N)(=O)=O)c3)cc21. The van der Waals surface area contributed by atoms with Crippen molar-refractivity contribution >= 4 is 38.5 Å². The number of carbonyl (C=O) groups is 1. The van der Waals surface area contributed by atoms with Gasteiger partial charge in [-0.1, -0.05) is 6.07 Å². The highest BCUT2D eigenvalue weighted by molar-refractivity contribution is 7.89. The molecule has 1 amide bonds. The lowest BCUT2D eigenvalue weighted by molar-refractivity contribution is -0.0102. The molecule has 4 rings (SSSR count). The van der Waals surface area contributed by atoms with Crippen molar-refractivity contribution < 1.29 is 22.0 Å². The van der Waals surface area contributed by atoms with Crippen molar-refractivity contribution in [3.8, 4) is 0 Å². The number of carbonyl (C=O) groups excluding carboxylic acids is 1. The van der Waals surface area contributed by atoms with Crippen molar-refractivity contribution in [2.75, 3.05) is 23.3 Å². The number of rotatable bonds is 4.